The maximum Gasteiger partial charge on any atom is 0.339 e. The molecule has 0 atom stereocenters. The van der Waals surface area contributed by atoms with Crippen LogP contribution in [0.2, 0.25) is 0 Å². The molecule has 0 saturated heterocycles. The zero-order valence-corrected chi connectivity index (χ0v) is 9.33. The molecule has 1 aromatic heterocycles. The molecule has 0 bridgehead atoms. The Balaban J connectivity index is 2.30. The van der Waals surface area contributed by atoms with Crippen LogP contribution in [-0.4, -0.2) is 27.7 Å². The van der Waals surface area contributed by atoms with Gasteiger partial charge in [-0.1, -0.05) is 6.07 Å². The van der Waals surface area contributed by atoms with Gasteiger partial charge in [-0.15, -0.1) is 0 Å². The van der Waals surface area contributed by atoms with Gasteiger partial charge in [0.15, 0.2) is 0 Å². The number of carbonyl (C=O) groups is 1. The number of ether oxygens (including phenoxy) is 1. The van der Waals surface area contributed by atoms with E-state index < -0.39 is 5.97 Å². The first-order valence-corrected chi connectivity index (χ1v) is 5.06. The minimum Gasteiger partial charge on any atom is -0.496 e. The Bertz CT molecular complexity index is 521. The smallest absolute Gasteiger partial charge is 0.339 e. The van der Waals surface area contributed by atoms with E-state index in [9.17, 15) is 4.79 Å². The van der Waals surface area contributed by atoms with Crippen molar-refractivity contribution in [2.75, 3.05) is 7.11 Å². The third kappa shape index (κ3) is 2.44. The molecule has 5 heteroatoms. The number of aromatic nitrogens is 2. The van der Waals surface area contributed by atoms with Crippen molar-refractivity contribution in [1.82, 2.24) is 9.55 Å². The first-order valence-electron chi connectivity index (χ1n) is 5.06. The van der Waals surface area contributed by atoms with Crippen molar-refractivity contribution in [3.63, 3.8) is 0 Å². The highest BCUT2D eigenvalue weighted by molar-refractivity contribution is 5.91. The molecule has 0 amide bonds. The summed E-state index contributed by atoms with van der Waals surface area (Å²) >= 11 is 0. The topological polar surface area (TPSA) is 64.4 Å². The van der Waals surface area contributed by atoms with Crippen molar-refractivity contribution in [2.45, 2.75) is 6.54 Å². The van der Waals surface area contributed by atoms with E-state index in [1.54, 1.807) is 24.7 Å². The van der Waals surface area contributed by atoms with E-state index >= 15 is 0 Å². The lowest BCUT2D eigenvalue weighted by molar-refractivity contribution is 0.0693. The van der Waals surface area contributed by atoms with Gasteiger partial charge < -0.3 is 14.4 Å². The summed E-state index contributed by atoms with van der Waals surface area (Å²) in [7, 11) is 1.46. The van der Waals surface area contributed by atoms with Crippen LogP contribution in [0.5, 0.6) is 5.75 Å². The summed E-state index contributed by atoms with van der Waals surface area (Å²) in [4.78, 5) is 15.0. The van der Waals surface area contributed by atoms with Crippen LogP contribution < -0.4 is 4.74 Å². The Hall–Kier alpha value is -2.30. The number of methoxy groups -OCH3 is 1. The minimum absolute atomic E-state index is 0.171. The SMILES string of the molecule is COc1ccc(Cn2ccnc2)cc1C(=O)O. The molecule has 5 nitrogen and oxygen atoms in total. The van der Waals surface area contributed by atoms with Crippen LogP contribution in [0.15, 0.2) is 36.9 Å². The summed E-state index contributed by atoms with van der Waals surface area (Å²) in [6, 6.07) is 5.11. The van der Waals surface area contributed by atoms with Crippen LogP contribution in [0.1, 0.15) is 15.9 Å². The quantitative estimate of drug-likeness (QED) is 0.870. The maximum atomic E-state index is 11.0. The van der Waals surface area contributed by atoms with Gasteiger partial charge in [-0.2, -0.15) is 0 Å². The molecule has 1 N–H and O–H groups in total. The van der Waals surface area contributed by atoms with Gasteiger partial charge >= 0.3 is 5.97 Å². The number of hydrogen-bond donors (Lipinski definition) is 1. The van der Waals surface area contributed by atoms with Crippen LogP contribution in [0, 0.1) is 0 Å². The number of benzene rings is 1. The second kappa shape index (κ2) is 4.69. The number of rotatable bonds is 4. The number of carboxylic acids is 1. The van der Waals surface area contributed by atoms with E-state index in [1.165, 1.54) is 7.11 Å². The number of hydrogen-bond acceptors (Lipinski definition) is 3. The normalized spacial score (nSPS) is 10.2. The van der Waals surface area contributed by atoms with Crippen LogP contribution in [0.3, 0.4) is 0 Å². The molecule has 2 aromatic rings. The molecule has 0 aliphatic heterocycles. The van der Waals surface area contributed by atoms with E-state index in [2.05, 4.69) is 4.98 Å². The van der Waals surface area contributed by atoms with Crippen molar-refractivity contribution in [2.24, 2.45) is 0 Å². The van der Waals surface area contributed by atoms with Crippen molar-refractivity contribution in [1.29, 1.82) is 0 Å². The average Bonchev–Trinajstić information content (AvgIpc) is 2.81. The summed E-state index contributed by atoms with van der Waals surface area (Å²) in [5, 5.41) is 9.05. The van der Waals surface area contributed by atoms with Crippen molar-refractivity contribution < 1.29 is 14.6 Å². The Morgan fingerprint density at radius 1 is 1.53 bits per heavy atom. The van der Waals surface area contributed by atoms with Crippen LogP contribution >= 0.6 is 0 Å². The van der Waals surface area contributed by atoms with Crippen molar-refractivity contribution in [3.8, 4) is 5.75 Å². The van der Waals surface area contributed by atoms with Gasteiger partial charge in [0.05, 0.1) is 13.4 Å². The summed E-state index contributed by atoms with van der Waals surface area (Å²) in [5.41, 5.74) is 1.06. The lowest BCUT2D eigenvalue weighted by Crippen LogP contribution is -2.03. The Morgan fingerprint density at radius 2 is 2.35 bits per heavy atom. The second-order valence-electron chi connectivity index (χ2n) is 3.57. The van der Waals surface area contributed by atoms with E-state index in [4.69, 9.17) is 9.84 Å². The Kier molecular flexibility index (Phi) is 3.09. The van der Waals surface area contributed by atoms with Crippen LogP contribution in [0.25, 0.3) is 0 Å². The maximum absolute atomic E-state index is 11.0. The Labute approximate surface area is 98.3 Å². The lowest BCUT2D eigenvalue weighted by atomic mass is 10.1. The second-order valence-corrected chi connectivity index (χ2v) is 3.57. The highest BCUT2D eigenvalue weighted by Gasteiger charge is 2.11. The fourth-order valence-electron chi connectivity index (χ4n) is 1.61. The summed E-state index contributed by atoms with van der Waals surface area (Å²) in [6.07, 6.45) is 5.19. The van der Waals surface area contributed by atoms with E-state index in [0.717, 1.165) is 5.56 Å². The first-order chi connectivity index (χ1) is 8.20. The Morgan fingerprint density at radius 3 is 2.94 bits per heavy atom. The third-order valence-electron chi connectivity index (χ3n) is 2.42. The molecule has 1 heterocycles. The zero-order valence-electron chi connectivity index (χ0n) is 9.33. The molecule has 2 rings (SSSR count). The summed E-state index contributed by atoms with van der Waals surface area (Å²) < 4.78 is 6.87. The lowest BCUT2D eigenvalue weighted by Gasteiger charge is -2.08. The van der Waals surface area contributed by atoms with Crippen LogP contribution in [0.4, 0.5) is 0 Å². The summed E-state index contributed by atoms with van der Waals surface area (Å²) in [6.45, 7) is 0.588. The van der Waals surface area contributed by atoms with E-state index in [0.29, 0.717) is 12.3 Å². The number of nitrogens with zero attached hydrogens (tertiary/aromatic N) is 2. The molecular formula is C12H12N2O3. The molecule has 0 fully saturated rings. The van der Waals surface area contributed by atoms with Gasteiger partial charge in [-0.25, -0.2) is 9.78 Å². The van der Waals surface area contributed by atoms with Gasteiger partial charge in [-0.3, -0.25) is 0 Å². The first kappa shape index (κ1) is 11.2. The van der Waals surface area contributed by atoms with Gasteiger partial charge in [-0.05, 0) is 17.7 Å². The monoisotopic (exact) mass is 232 g/mol. The number of aromatic carboxylic acids is 1. The van der Waals surface area contributed by atoms with Gasteiger partial charge in [0.1, 0.15) is 11.3 Å². The van der Waals surface area contributed by atoms with E-state index in [1.807, 2.05) is 16.8 Å². The van der Waals surface area contributed by atoms with Crippen LogP contribution in [-0.2, 0) is 6.54 Å². The largest absolute Gasteiger partial charge is 0.496 e. The van der Waals surface area contributed by atoms with Crippen molar-refractivity contribution >= 4 is 5.97 Å². The van der Waals surface area contributed by atoms with Gasteiger partial charge in [0.2, 0.25) is 0 Å². The molecule has 88 valence electrons. The van der Waals surface area contributed by atoms with Gasteiger partial charge in [0, 0.05) is 18.9 Å². The molecule has 0 aliphatic carbocycles. The molecular weight excluding hydrogens is 220 g/mol. The standard InChI is InChI=1S/C12H12N2O3/c1-17-11-3-2-9(6-10(11)12(15)16)7-14-5-4-13-8-14/h2-6,8H,7H2,1H3,(H,15,16). The molecule has 1 aromatic carbocycles. The predicted octanol–water partition coefficient (Wildman–Crippen LogP) is 1.64. The van der Waals surface area contributed by atoms with Crippen molar-refractivity contribution in [3.05, 3.63) is 48.0 Å². The highest BCUT2D eigenvalue weighted by Crippen LogP contribution is 2.20. The molecule has 17 heavy (non-hydrogen) atoms. The molecule has 0 spiro atoms. The third-order valence-corrected chi connectivity index (χ3v) is 2.42. The molecule has 0 unspecified atom stereocenters. The fourth-order valence-corrected chi connectivity index (χ4v) is 1.61. The highest BCUT2D eigenvalue weighted by atomic mass is 16.5. The average molecular weight is 232 g/mol. The molecule has 0 radical (unpaired) electrons. The molecule has 0 saturated carbocycles. The number of carboxylic acid groups (broad SMARTS) is 1. The molecule has 0 aliphatic rings. The van der Waals surface area contributed by atoms with E-state index in [-0.39, 0.29) is 5.56 Å². The fraction of sp³-hybridized carbons (Fsp3) is 0.167. The summed E-state index contributed by atoms with van der Waals surface area (Å²) in [5.74, 6) is -0.624. The van der Waals surface area contributed by atoms with Gasteiger partial charge in [0.25, 0.3) is 0 Å². The number of imidazole rings is 1. The minimum atomic E-state index is -0.991. The zero-order chi connectivity index (χ0) is 12.3. The predicted molar refractivity (Wildman–Crippen MR) is 61.3 cm³/mol.